The molecule has 2 aromatic carbocycles. The zero-order chi connectivity index (χ0) is 26.3. The maximum atomic E-state index is 4.69. The lowest BCUT2D eigenvalue weighted by Crippen LogP contribution is -2.18. The van der Waals surface area contributed by atoms with Gasteiger partial charge in [0.25, 0.3) is 0 Å². The molecule has 6 aromatic rings. The van der Waals surface area contributed by atoms with Gasteiger partial charge in [-0.2, -0.15) is 5.10 Å². The minimum atomic E-state index is -0.00252. The first-order valence-electron chi connectivity index (χ1n) is 12.9. The molecule has 0 atom stereocenters. The number of benzene rings is 2. The highest BCUT2D eigenvalue weighted by Gasteiger charge is 2.20. The van der Waals surface area contributed by atoms with Crippen LogP contribution in [0.4, 0.5) is 5.69 Å². The van der Waals surface area contributed by atoms with Crippen molar-refractivity contribution in [2.75, 3.05) is 5.32 Å². The molecular formula is C32H30N6. The predicted octanol–water partition coefficient (Wildman–Crippen LogP) is 8.20. The van der Waals surface area contributed by atoms with Crippen LogP contribution >= 0.6 is 0 Å². The Morgan fingerprint density at radius 3 is 2.53 bits per heavy atom. The molecule has 0 saturated heterocycles. The summed E-state index contributed by atoms with van der Waals surface area (Å²) >= 11 is 0. The number of hydrogen-bond acceptors (Lipinski definition) is 4. The second-order valence-corrected chi connectivity index (χ2v) is 10.3. The number of fused-ring (bicyclic) bond motifs is 2. The summed E-state index contributed by atoms with van der Waals surface area (Å²) in [6.07, 6.45) is 8.38. The Morgan fingerprint density at radius 1 is 0.868 bits per heavy atom. The molecule has 0 aliphatic carbocycles. The minimum Gasteiger partial charge on any atom is -0.358 e. The van der Waals surface area contributed by atoms with E-state index in [4.69, 9.17) is 0 Å². The average molecular weight is 499 g/mol. The normalized spacial score (nSPS) is 11.8. The number of nitrogens with zero attached hydrogens (tertiary/aromatic N) is 3. The van der Waals surface area contributed by atoms with Crippen molar-refractivity contribution in [3.05, 3.63) is 97.7 Å². The molecule has 0 radical (unpaired) electrons. The zero-order valence-electron chi connectivity index (χ0n) is 21.8. The molecule has 3 N–H and O–H groups in total. The van der Waals surface area contributed by atoms with Gasteiger partial charge in [0.2, 0.25) is 0 Å². The van der Waals surface area contributed by atoms with Gasteiger partial charge in [0, 0.05) is 51.6 Å². The molecule has 6 heteroatoms. The first kappa shape index (κ1) is 23.7. The van der Waals surface area contributed by atoms with Crippen LogP contribution < -0.4 is 5.32 Å². The molecule has 0 bridgehead atoms. The van der Waals surface area contributed by atoms with Crippen LogP contribution in [-0.4, -0.2) is 25.1 Å². The van der Waals surface area contributed by atoms with Gasteiger partial charge in [0.15, 0.2) is 0 Å². The lowest BCUT2D eigenvalue weighted by Gasteiger charge is -2.26. The van der Waals surface area contributed by atoms with E-state index in [9.17, 15) is 0 Å². The third-order valence-electron chi connectivity index (χ3n) is 7.54. The Morgan fingerprint density at radius 2 is 1.71 bits per heavy atom. The van der Waals surface area contributed by atoms with Crippen molar-refractivity contribution in [2.45, 2.75) is 27.2 Å². The highest BCUT2D eigenvalue weighted by atomic mass is 15.1. The number of H-pyrrole nitrogens is 2. The van der Waals surface area contributed by atoms with Crippen molar-refractivity contribution in [3.8, 4) is 33.6 Å². The van der Waals surface area contributed by atoms with Crippen LogP contribution in [0.3, 0.4) is 0 Å². The molecule has 4 aromatic heterocycles. The van der Waals surface area contributed by atoms with Crippen molar-refractivity contribution in [3.63, 3.8) is 0 Å². The number of nitrogens with one attached hydrogen (secondary N) is 3. The van der Waals surface area contributed by atoms with E-state index in [2.05, 4.69) is 106 Å². The minimum absolute atomic E-state index is 0.00252. The molecule has 6 nitrogen and oxygen atoms in total. The van der Waals surface area contributed by atoms with E-state index in [0.717, 1.165) is 73.3 Å². The monoisotopic (exact) mass is 498 g/mol. The summed E-state index contributed by atoms with van der Waals surface area (Å²) in [7, 11) is 0. The predicted molar refractivity (Wildman–Crippen MR) is 157 cm³/mol. The van der Waals surface area contributed by atoms with Gasteiger partial charge in [0.1, 0.15) is 5.69 Å². The third kappa shape index (κ3) is 4.24. The molecule has 0 aliphatic heterocycles. The zero-order valence-corrected chi connectivity index (χ0v) is 21.8. The lowest BCUT2D eigenvalue weighted by molar-refractivity contribution is 0.434. The SMILES string of the molecule is C=C(Nc1cncc(-c2ccc3[nH]nc(-c4cc5c(-c6ccncc6)cccc5[nH]4)c3c2)c1)C(C)(C)CC. The molecule has 0 fully saturated rings. The molecule has 38 heavy (non-hydrogen) atoms. The van der Waals surface area contributed by atoms with Crippen LogP contribution in [0.1, 0.15) is 27.2 Å². The maximum absolute atomic E-state index is 4.69. The topological polar surface area (TPSA) is 82.3 Å². The van der Waals surface area contributed by atoms with Gasteiger partial charge in [-0.15, -0.1) is 0 Å². The van der Waals surface area contributed by atoms with E-state index in [1.807, 2.05) is 36.9 Å². The van der Waals surface area contributed by atoms with E-state index >= 15 is 0 Å². The Balaban J connectivity index is 1.38. The largest absolute Gasteiger partial charge is 0.358 e. The fraction of sp³-hybridized carbons (Fsp3) is 0.156. The quantitative estimate of drug-likeness (QED) is 0.207. The third-order valence-corrected chi connectivity index (χ3v) is 7.54. The number of aromatic nitrogens is 5. The number of allylic oxidation sites excluding steroid dienone is 1. The average Bonchev–Trinajstić information content (AvgIpc) is 3.57. The first-order valence-corrected chi connectivity index (χ1v) is 12.9. The Labute approximate surface area is 221 Å². The molecule has 0 spiro atoms. The Hall–Kier alpha value is -4.71. The van der Waals surface area contributed by atoms with Gasteiger partial charge in [-0.05, 0) is 65.6 Å². The van der Waals surface area contributed by atoms with Gasteiger partial charge in [-0.1, -0.05) is 45.5 Å². The van der Waals surface area contributed by atoms with Crippen LogP contribution in [0.2, 0.25) is 0 Å². The molecule has 0 aliphatic rings. The van der Waals surface area contributed by atoms with Crippen molar-refractivity contribution in [2.24, 2.45) is 5.41 Å². The van der Waals surface area contributed by atoms with Crippen LogP contribution in [0, 0.1) is 5.41 Å². The number of rotatable bonds is 7. The fourth-order valence-electron chi connectivity index (χ4n) is 4.69. The summed E-state index contributed by atoms with van der Waals surface area (Å²) in [5.41, 5.74) is 10.2. The second-order valence-electron chi connectivity index (χ2n) is 10.3. The van der Waals surface area contributed by atoms with Gasteiger partial charge < -0.3 is 10.3 Å². The van der Waals surface area contributed by atoms with E-state index in [1.165, 1.54) is 0 Å². The van der Waals surface area contributed by atoms with Crippen molar-refractivity contribution in [1.82, 2.24) is 25.1 Å². The summed E-state index contributed by atoms with van der Waals surface area (Å²) in [4.78, 5) is 12.2. The Bertz CT molecular complexity index is 1770. The maximum Gasteiger partial charge on any atom is 0.116 e. The number of hydrogen-bond donors (Lipinski definition) is 3. The highest BCUT2D eigenvalue weighted by Crippen LogP contribution is 2.36. The molecule has 6 rings (SSSR count). The van der Waals surface area contributed by atoms with Crippen LogP contribution in [0.15, 0.2) is 97.7 Å². The molecule has 0 saturated carbocycles. The van der Waals surface area contributed by atoms with Crippen molar-refractivity contribution < 1.29 is 0 Å². The molecule has 0 unspecified atom stereocenters. The lowest BCUT2D eigenvalue weighted by atomic mass is 9.87. The van der Waals surface area contributed by atoms with Gasteiger partial charge in [0.05, 0.1) is 23.1 Å². The smallest absolute Gasteiger partial charge is 0.116 e. The van der Waals surface area contributed by atoms with E-state index < -0.39 is 0 Å². The number of pyridine rings is 2. The first-order chi connectivity index (χ1) is 18.4. The summed E-state index contributed by atoms with van der Waals surface area (Å²) in [6.45, 7) is 10.8. The summed E-state index contributed by atoms with van der Waals surface area (Å²) < 4.78 is 0. The van der Waals surface area contributed by atoms with E-state index in [0.29, 0.717) is 0 Å². The van der Waals surface area contributed by atoms with Crippen LogP contribution in [0.25, 0.3) is 55.4 Å². The summed E-state index contributed by atoms with van der Waals surface area (Å²) in [5, 5.41) is 13.5. The number of aromatic amines is 2. The summed E-state index contributed by atoms with van der Waals surface area (Å²) in [5.74, 6) is 0. The summed E-state index contributed by atoms with van der Waals surface area (Å²) in [6, 6.07) is 21.0. The van der Waals surface area contributed by atoms with Crippen LogP contribution in [-0.2, 0) is 0 Å². The van der Waals surface area contributed by atoms with Gasteiger partial charge >= 0.3 is 0 Å². The van der Waals surface area contributed by atoms with Crippen molar-refractivity contribution >= 4 is 27.5 Å². The number of anilines is 1. The van der Waals surface area contributed by atoms with Gasteiger partial charge in [-0.3, -0.25) is 15.1 Å². The van der Waals surface area contributed by atoms with E-state index in [-0.39, 0.29) is 5.41 Å². The van der Waals surface area contributed by atoms with Crippen molar-refractivity contribution in [1.29, 1.82) is 0 Å². The Kier molecular flexibility index (Phi) is 5.80. The van der Waals surface area contributed by atoms with Crippen LogP contribution in [0.5, 0.6) is 0 Å². The molecular weight excluding hydrogens is 468 g/mol. The highest BCUT2D eigenvalue weighted by molar-refractivity contribution is 6.01. The molecule has 188 valence electrons. The second kappa shape index (κ2) is 9.30. The van der Waals surface area contributed by atoms with E-state index in [1.54, 1.807) is 0 Å². The standard InChI is InChI=1S/C32H30N6/c1-5-32(3,4)20(2)35-24-15-23(18-34-19-24)22-9-10-29-27(16-22)31(38-37-29)30-17-26-25(7-6-8-28(26)36-30)21-11-13-33-14-12-21/h6-19,35-36H,2,5H2,1,3-4H3,(H,37,38). The fourth-order valence-corrected chi connectivity index (χ4v) is 4.69. The molecule has 0 amide bonds. The van der Waals surface area contributed by atoms with Gasteiger partial charge in [-0.25, -0.2) is 0 Å². The molecule has 4 heterocycles.